The van der Waals surface area contributed by atoms with E-state index in [-0.39, 0.29) is 25.8 Å². The standard InChI is InChI=1S/C14H16NO7P/c16-12-9-5-1-2-6-10(9)13(17)15(12)8-4-3-7-11(14(18)19)23(20,21)22/h1-2,5-6,11H,3-4,7-8H2,(H,18,19)(H2,20,21,22). The van der Waals surface area contributed by atoms with Crippen LogP contribution in [0.15, 0.2) is 24.3 Å². The summed E-state index contributed by atoms with van der Waals surface area (Å²) in [4.78, 5) is 54.0. The fraction of sp³-hybridized carbons (Fsp3) is 0.357. The van der Waals surface area contributed by atoms with Crippen LogP contribution in [0.4, 0.5) is 0 Å². The van der Waals surface area contributed by atoms with Gasteiger partial charge in [-0.25, -0.2) is 0 Å². The number of benzene rings is 1. The van der Waals surface area contributed by atoms with Gasteiger partial charge < -0.3 is 14.9 Å². The van der Waals surface area contributed by atoms with Crippen LogP contribution in [0.3, 0.4) is 0 Å². The fourth-order valence-corrected chi connectivity index (χ4v) is 3.29. The minimum Gasteiger partial charge on any atom is -0.481 e. The van der Waals surface area contributed by atoms with Crippen LogP contribution in [0.1, 0.15) is 40.0 Å². The van der Waals surface area contributed by atoms with Crippen molar-refractivity contribution in [2.75, 3.05) is 6.54 Å². The summed E-state index contributed by atoms with van der Waals surface area (Å²) >= 11 is 0. The molecule has 0 aromatic heterocycles. The average molecular weight is 341 g/mol. The highest BCUT2D eigenvalue weighted by Crippen LogP contribution is 2.43. The highest BCUT2D eigenvalue weighted by atomic mass is 31.2. The second-order valence-corrected chi connectivity index (χ2v) is 7.05. The van der Waals surface area contributed by atoms with E-state index in [0.29, 0.717) is 11.1 Å². The second-order valence-electron chi connectivity index (χ2n) is 5.25. The number of carbonyl (C=O) groups excluding carboxylic acids is 2. The minimum absolute atomic E-state index is 0.0832. The lowest BCUT2D eigenvalue weighted by Gasteiger charge is -2.16. The molecule has 0 bridgehead atoms. The zero-order valence-corrected chi connectivity index (χ0v) is 13.0. The van der Waals surface area contributed by atoms with E-state index in [4.69, 9.17) is 14.9 Å². The number of carboxylic acids is 1. The Kier molecular flexibility index (Phi) is 4.99. The topological polar surface area (TPSA) is 132 Å². The van der Waals surface area contributed by atoms with Gasteiger partial charge in [0.05, 0.1) is 11.1 Å². The van der Waals surface area contributed by atoms with Crippen LogP contribution >= 0.6 is 7.60 Å². The summed E-state index contributed by atoms with van der Waals surface area (Å²) < 4.78 is 11.1. The summed E-state index contributed by atoms with van der Waals surface area (Å²) in [7, 11) is -4.72. The normalized spacial score (nSPS) is 15.7. The second kappa shape index (κ2) is 6.62. The van der Waals surface area contributed by atoms with E-state index in [1.807, 2.05) is 0 Å². The Morgan fingerprint density at radius 2 is 1.61 bits per heavy atom. The smallest absolute Gasteiger partial charge is 0.339 e. The number of carbonyl (C=O) groups is 3. The van der Waals surface area contributed by atoms with Crippen LogP contribution in [0.2, 0.25) is 0 Å². The molecule has 9 heteroatoms. The van der Waals surface area contributed by atoms with Crippen molar-refractivity contribution in [3.05, 3.63) is 35.4 Å². The molecule has 124 valence electrons. The Balaban J connectivity index is 1.91. The summed E-state index contributed by atoms with van der Waals surface area (Å²) in [6.45, 7) is 0.0832. The molecular formula is C14H16NO7P. The Hall–Kier alpha value is -2.02. The Morgan fingerprint density at radius 1 is 1.09 bits per heavy atom. The summed E-state index contributed by atoms with van der Waals surface area (Å²) in [6, 6.07) is 6.43. The lowest BCUT2D eigenvalue weighted by molar-refractivity contribution is -0.137. The molecule has 0 saturated carbocycles. The molecule has 1 atom stereocenters. The van der Waals surface area contributed by atoms with Gasteiger partial charge in [-0.3, -0.25) is 23.8 Å². The third kappa shape index (κ3) is 3.67. The number of fused-ring (bicyclic) bond motifs is 1. The molecule has 1 aromatic carbocycles. The maximum absolute atomic E-state index is 12.1. The molecule has 0 aliphatic carbocycles. The van der Waals surface area contributed by atoms with E-state index in [2.05, 4.69) is 0 Å². The van der Waals surface area contributed by atoms with Crippen molar-refractivity contribution < 1.29 is 33.8 Å². The van der Waals surface area contributed by atoms with Gasteiger partial charge in [0.25, 0.3) is 11.8 Å². The number of imide groups is 1. The van der Waals surface area contributed by atoms with Crippen LogP contribution in [0.5, 0.6) is 0 Å². The number of unbranched alkanes of at least 4 members (excludes halogenated alkanes) is 1. The lowest BCUT2D eigenvalue weighted by Crippen LogP contribution is -2.31. The highest BCUT2D eigenvalue weighted by molar-refractivity contribution is 7.53. The zero-order chi connectivity index (χ0) is 17.2. The molecule has 0 saturated heterocycles. The molecule has 2 rings (SSSR count). The van der Waals surface area contributed by atoms with Gasteiger partial charge in [0.15, 0.2) is 5.66 Å². The summed E-state index contributed by atoms with van der Waals surface area (Å²) in [5, 5.41) is 8.81. The number of nitrogens with zero attached hydrogens (tertiary/aromatic N) is 1. The predicted octanol–water partition coefficient (Wildman–Crippen LogP) is 1.08. The number of rotatable bonds is 7. The lowest BCUT2D eigenvalue weighted by atomic mass is 10.1. The minimum atomic E-state index is -4.72. The van der Waals surface area contributed by atoms with Gasteiger partial charge in [-0.15, -0.1) is 0 Å². The van der Waals surface area contributed by atoms with Gasteiger partial charge in [-0.05, 0) is 25.0 Å². The molecule has 1 aliphatic rings. The molecule has 1 unspecified atom stereocenters. The molecule has 1 aliphatic heterocycles. The highest BCUT2D eigenvalue weighted by Gasteiger charge is 2.36. The quantitative estimate of drug-likeness (QED) is 0.384. The fourth-order valence-electron chi connectivity index (χ4n) is 2.49. The van der Waals surface area contributed by atoms with Crippen molar-refractivity contribution in [3.8, 4) is 0 Å². The van der Waals surface area contributed by atoms with Gasteiger partial charge in [0.1, 0.15) is 0 Å². The largest absolute Gasteiger partial charge is 0.481 e. The molecule has 0 spiro atoms. The maximum Gasteiger partial charge on any atom is 0.339 e. The molecule has 8 nitrogen and oxygen atoms in total. The van der Waals surface area contributed by atoms with Gasteiger partial charge in [-0.1, -0.05) is 18.6 Å². The van der Waals surface area contributed by atoms with Crippen molar-refractivity contribution >= 4 is 25.4 Å². The van der Waals surface area contributed by atoms with Gasteiger partial charge in [-0.2, -0.15) is 0 Å². The summed E-state index contributed by atoms with van der Waals surface area (Å²) in [5.74, 6) is -2.37. The first kappa shape index (κ1) is 17.3. The molecule has 1 heterocycles. The third-order valence-corrected chi connectivity index (χ3v) is 4.97. The molecule has 2 amide bonds. The van der Waals surface area contributed by atoms with Crippen LogP contribution in [-0.4, -0.2) is 49.8 Å². The van der Waals surface area contributed by atoms with Gasteiger partial charge >= 0.3 is 13.6 Å². The Bertz CT molecular complexity index is 661. The van der Waals surface area contributed by atoms with E-state index < -0.39 is 31.0 Å². The average Bonchev–Trinajstić information content (AvgIpc) is 2.70. The molecule has 1 aromatic rings. The van der Waals surface area contributed by atoms with Crippen molar-refractivity contribution in [1.82, 2.24) is 4.90 Å². The first-order valence-corrected chi connectivity index (χ1v) is 8.65. The molecule has 0 radical (unpaired) electrons. The Morgan fingerprint density at radius 3 is 2.04 bits per heavy atom. The van der Waals surface area contributed by atoms with Crippen LogP contribution in [-0.2, 0) is 9.36 Å². The van der Waals surface area contributed by atoms with Crippen LogP contribution in [0, 0.1) is 0 Å². The first-order valence-electron chi connectivity index (χ1n) is 6.96. The molecule has 3 N–H and O–H groups in total. The van der Waals surface area contributed by atoms with Crippen LogP contribution in [0.25, 0.3) is 0 Å². The SMILES string of the molecule is O=C(O)C(CCCCN1C(=O)c2ccccc2C1=O)P(=O)(O)O. The van der Waals surface area contributed by atoms with E-state index in [1.54, 1.807) is 24.3 Å². The molecule has 23 heavy (non-hydrogen) atoms. The summed E-state index contributed by atoms with van der Waals surface area (Å²) in [5.41, 5.74) is -1.10. The maximum atomic E-state index is 12.1. The van der Waals surface area contributed by atoms with Gasteiger partial charge in [0.2, 0.25) is 0 Å². The van der Waals surface area contributed by atoms with E-state index in [0.717, 1.165) is 4.90 Å². The predicted molar refractivity (Wildman–Crippen MR) is 79.1 cm³/mol. The van der Waals surface area contributed by atoms with Crippen molar-refractivity contribution in [2.24, 2.45) is 0 Å². The molecule has 0 fully saturated rings. The van der Waals surface area contributed by atoms with Crippen LogP contribution < -0.4 is 0 Å². The van der Waals surface area contributed by atoms with Crippen molar-refractivity contribution in [2.45, 2.75) is 24.9 Å². The zero-order valence-electron chi connectivity index (χ0n) is 12.1. The third-order valence-electron chi connectivity index (χ3n) is 3.68. The number of hydrogen-bond donors (Lipinski definition) is 3. The summed E-state index contributed by atoms with van der Waals surface area (Å²) in [6.07, 6.45) is 0.230. The monoisotopic (exact) mass is 341 g/mol. The number of amides is 2. The van der Waals surface area contributed by atoms with E-state index in [1.165, 1.54) is 0 Å². The van der Waals surface area contributed by atoms with Crippen molar-refractivity contribution in [1.29, 1.82) is 0 Å². The first-order chi connectivity index (χ1) is 10.7. The number of aliphatic carboxylic acids is 1. The van der Waals surface area contributed by atoms with Crippen molar-refractivity contribution in [3.63, 3.8) is 0 Å². The van der Waals surface area contributed by atoms with E-state index >= 15 is 0 Å². The Labute approximate surface area is 131 Å². The van der Waals surface area contributed by atoms with Gasteiger partial charge in [0, 0.05) is 6.54 Å². The molecular weight excluding hydrogens is 325 g/mol. The number of hydrogen-bond acceptors (Lipinski definition) is 4. The van der Waals surface area contributed by atoms with E-state index in [9.17, 15) is 18.9 Å². The number of carboxylic acid groups (broad SMARTS) is 1.